The van der Waals surface area contributed by atoms with Crippen LogP contribution in [0.5, 0.6) is 0 Å². The van der Waals surface area contributed by atoms with Crippen molar-refractivity contribution in [2.75, 3.05) is 0 Å². The summed E-state index contributed by atoms with van der Waals surface area (Å²) in [6.45, 7) is 0. The molecule has 0 aliphatic heterocycles. The summed E-state index contributed by atoms with van der Waals surface area (Å²) < 4.78 is 8.65. The molecule has 10 aromatic rings. The van der Waals surface area contributed by atoms with Gasteiger partial charge >= 0.3 is 0 Å². The number of benzene rings is 5. The molecule has 5 aromatic carbocycles. The standard InChI is InChI=1S/C38H20N6OS2/c1-3-11-24-22(10-1)20-39-36(41-24)34-35(37-42-25-12-4-6-14-28(25)45-37)44-33-27(40-34)18-17-23(31-19-21-9-2-7-15-29(21)46-31)32(33)38-43-26-13-5-8-16-30(26)47-38/h1-20H. The van der Waals surface area contributed by atoms with Crippen molar-refractivity contribution < 1.29 is 4.42 Å². The van der Waals surface area contributed by atoms with E-state index in [-0.39, 0.29) is 0 Å². The van der Waals surface area contributed by atoms with Crippen molar-refractivity contribution in [1.82, 2.24) is 29.9 Å². The molecule has 0 N–H and O–H groups in total. The van der Waals surface area contributed by atoms with Gasteiger partial charge in [0.25, 0.3) is 0 Å². The van der Waals surface area contributed by atoms with Crippen LogP contribution in [0.25, 0.3) is 97.5 Å². The van der Waals surface area contributed by atoms with Crippen LogP contribution in [-0.4, -0.2) is 29.9 Å². The zero-order chi connectivity index (χ0) is 30.9. The second-order valence-electron chi connectivity index (χ2n) is 11.2. The molecule has 0 unspecified atom stereocenters. The Balaban J connectivity index is 1.30. The highest BCUT2D eigenvalue weighted by atomic mass is 32.1. The normalized spacial score (nSPS) is 11.8. The first-order valence-corrected chi connectivity index (χ1v) is 16.7. The summed E-state index contributed by atoms with van der Waals surface area (Å²) in [4.78, 5) is 31.3. The third-order valence-corrected chi connectivity index (χ3v) is 10.4. The Kier molecular flexibility index (Phi) is 5.78. The lowest BCUT2D eigenvalue weighted by atomic mass is 10.0. The zero-order valence-corrected chi connectivity index (χ0v) is 26.1. The maximum absolute atomic E-state index is 6.32. The van der Waals surface area contributed by atoms with E-state index in [4.69, 9.17) is 34.3 Å². The van der Waals surface area contributed by atoms with Gasteiger partial charge in [-0.05, 0) is 53.9 Å². The van der Waals surface area contributed by atoms with E-state index < -0.39 is 0 Å². The van der Waals surface area contributed by atoms with E-state index >= 15 is 0 Å². The lowest BCUT2D eigenvalue weighted by molar-refractivity contribution is 0.617. The van der Waals surface area contributed by atoms with E-state index in [1.165, 1.54) is 10.1 Å². The Hall–Kier alpha value is -5.90. The number of thiophene rings is 1. The highest BCUT2D eigenvalue weighted by molar-refractivity contribution is 7.23. The fourth-order valence-corrected chi connectivity index (χ4v) is 8.12. The van der Waals surface area contributed by atoms with E-state index in [2.05, 4.69) is 42.5 Å². The molecule has 10 rings (SSSR count). The molecule has 0 aliphatic rings. The summed E-state index contributed by atoms with van der Waals surface area (Å²) in [5.74, 6) is 0.806. The van der Waals surface area contributed by atoms with Crippen LogP contribution < -0.4 is 0 Å². The molecule has 0 aliphatic carbocycles. The quantitative estimate of drug-likeness (QED) is 0.189. The highest BCUT2D eigenvalue weighted by Crippen LogP contribution is 2.45. The summed E-state index contributed by atoms with van der Waals surface area (Å²) in [5.41, 5.74) is 7.52. The Bertz CT molecular complexity index is 2740. The van der Waals surface area contributed by atoms with Crippen molar-refractivity contribution in [3.8, 4) is 44.1 Å². The van der Waals surface area contributed by atoms with Crippen molar-refractivity contribution in [1.29, 1.82) is 0 Å². The van der Waals surface area contributed by atoms with Crippen molar-refractivity contribution in [3.05, 3.63) is 121 Å². The summed E-state index contributed by atoms with van der Waals surface area (Å²) in [5, 5.41) is 3.01. The van der Waals surface area contributed by atoms with Crippen LogP contribution in [0.3, 0.4) is 0 Å². The van der Waals surface area contributed by atoms with Gasteiger partial charge in [0.2, 0.25) is 5.89 Å². The van der Waals surface area contributed by atoms with Crippen LogP contribution in [0.4, 0.5) is 0 Å². The third kappa shape index (κ3) is 4.32. The molecule has 0 fully saturated rings. The fourth-order valence-electron chi connectivity index (χ4n) is 6.00. The van der Waals surface area contributed by atoms with Gasteiger partial charge in [0.15, 0.2) is 17.1 Å². The molecule has 9 heteroatoms. The number of para-hydroxylation sites is 4. The minimum atomic E-state index is 0.356. The molecule has 7 nitrogen and oxygen atoms in total. The zero-order valence-electron chi connectivity index (χ0n) is 24.5. The molecule has 0 saturated carbocycles. The summed E-state index contributed by atoms with van der Waals surface area (Å²) in [6, 6.07) is 38.7. The van der Waals surface area contributed by atoms with Gasteiger partial charge < -0.3 is 4.42 Å². The number of thiazole rings is 1. The third-order valence-electron chi connectivity index (χ3n) is 8.23. The van der Waals surface area contributed by atoms with Gasteiger partial charge in [-0.1, -0.05) is 66.7 Å². The van der Waals surface area contributed by atoms with E-state index in [0.29, 0.717) is 39.7 Å². The average Bonchev–Trinajstić information content (AvgIpc) is 3.87. The molecule has 0 saturated heterocycles. The number of aromatic nitrogens is 6. The molecular formula is C38H20N6OS2. The first-order valence-electron chi connectivity index (χ1n) is 15.0. The molecular weight excluding hydrogens is 621 g/mol. The second kappa shape index (κ2) is 10.3. The highest BCUT2D eigenvalue weighted by Gasteiger charge is 2.25. The first-order chi connectivity index (χ1) is 23.2. The molecule has 0 spiro atoms. The number of nitrogens with zero attached hydrogens (tertiary/aromatic N) is 6. The Morgan fingerprint density at radius 3 is 2.15 bits per heavy atom. The molecule has 0 atom stereocenters. The first kappa shape index (κ1) is 26.3. The van der Waals surface area contributed by atoms with Crippen LogP contribution in [0, 0.1) is 0 Å². The van der Waals surface area contributed by atoms with Gasteiger partial charge in [-0.3, -0.25) is 0 Å². The lowest BCUT2D eigenvalue weighted by Crippen LogP contribution is -2.01. The average molecular weight is 641 g/mol. The van der Waals surface area contributed by atoms with Crippen LogP contribution in [0.15, 0.2) is 126 Å². The van der Waals surface area contributed by atoms with Gasteiger partial charge in [-0.15, -0.1) is 22.7 Å². The molecule has 5 aromatic heterocycles. The smallest absolute Gasteiger partial charge is 0.248 e. The van der Waals surface area contributed by atoms with Crippen LogP contribution in [0.2, 0.25) is 0 Å². The number of hydrogen-bond acceptors (Lipinski definition) is 9. The van der Waals surface area contributed by atoms with Crippen molar-refractivity contribution >= 4 is 76.0 Å². The number of fused-ring (bicyclic) bond motifs is 5. The van der Waals surface area contributed by atoms with Crippen LogP contribution in [0.1, 0.15) is 0 Å². The van der Waals surface area contributed by atoms with Gasteiger partial charge in [0, 0.05) is 32.3 Å². The Morgan fingerprint density at radius 1 is 0.532 bits per heavy atom. The van der Waals surface area contributed by atoms with E-state index in [1.54, 1.807) is 22.7 Å². The SMILES string of the molecule is c1ccc2nc(-c3nc4ccc(-c5cc6ccccc6s5)c(-c5nc6ccccc6s5)c4nc3-c3nc4ccccc4o3)ncc2c1. The van der Waals surface area contributed by atoms with Gasteiger partial charge in [0.1, 0.15) is 21.7 Å². The number of oxazole rings is 1. The largest absolute Gasteiger partial charge is 0.435 e. The molecule has 0 bridgehead atoms. The molecule has 220 valence electrons. The summed E-state index contributed by atoms with van der Waals surface area (Å²) >= 11 is 3.41. The molecule has 0 amide bonds. The second-order valence-corrected chi connectivity index (χ2v) is 13.3. The lowest BCUT2D eigenvalue weighted by Gasteiger charge is -2.12. The van der Waals surface area contributed by atoms with Crippen LogP contribution >= 0.6 is 22.7 Å². The molecule has 47 heavy (non-hydrogen) atoms. The fraction of sp³-hybridized carbons (Fsp3) is 0. The van der Waals surface area contributed by atoms with E-state index in [1.807, 2.05) is 79.0 Å². The van der Waals surface area contributed by atoms with E-state index in [0.717, 1.165) is 47.6 Å². The minimum absolute atomic E-state index is 0.356. The summed E-state index contributed by atoms with van der Waals surface area (Å²) in [7, 11) is 0. The van der Waals surface area contributed by atoms with Crippen molar-refractivity contribution in [2.24, 2.45) is 0 Å². The molecule has 5 heterocycles. The molecule has 0 radical (unpaired) electrons. The number of hydrogen-bond donors (Lipinski definition) is 0. The predicted molar refractivity (Wildman–Crippen MR) is 191 cm³/mol. The topological polar surface area (TPSA) is 90.5 Å². The van der Waals surface area contributed by atoms with Gasteiger partial charge in [-0.2, -0.15) is 0 Å². The maximum atomic E-state index is 6.32. The van der Waals surface area contributed by atoms with Crippen molar-refractivity contribution in [3.63, 3.8) is 0 Å². The van der Waals surface area contributed by atoms with Gasteiger partial charge in [0.05, 0.1) is 21.3 Å². The van der Waals surface area contributed by atoms with Gasteiger partial charge in [-0.25, -0.2) is 29.9 Å². The van der Waals surface area contributed by atoms with Crippen LogP contribution in [-0.2, 0) is 0 Å². The Labute approximate surface area is 274 Å². The van der Waals surface area contributed by atoms with E-state index in [9.17, 15) is 0 Å². The predicted octanol–water partition coefficient (Wildman–Crippen LogP) is 10.2. The monoisotopic (exact) mass is 640 g/mol. The Morgan fingerprint density at radius 2 is 1.30 bits per heavy atom. The summed E-state index contributed by atoms with van der Waals surface area (Å²) in [6.07, 6.45) is 1.82. The van der Waals surface area contributed by atoms with Crippen molar-refractivity contribution in [2.45, 2.75) is 0 Å². The minimum Gasteiger partial charge on any atom is -0.435 e. The maximum Gasteiger partial charge on any atom is 0.248 e. The number of rotatable bonds is 4.